The molecule has 3 rings (SSSR count). The van der Waals surface area contributed by atoms with Gasteiger partial charge in [-0.2, -0.15) is 0 Å². The molecule has 3 nitrogen and oxygen atoms in total. The molecule has 0 spiro atoms. The van der Waals surface area contributed by atoms with Crippen molar-refractivity contribution in [1.29, 1.82) is 0 Å². The monoisotopic (exact) mass is 265 g/mol. The number of aliphatic hydroxyl groups excluding tert-OH is 1. The molecule has 0 amide bonds. The number of carbonyl (C=O) groups excluding carboxylic acids is 1. The minimum atomic E-state index is -0.0980. The van der Waals surface area contributed by atoms with Gasteiger partial charge in [-0.3, -0.25) is 9.69 Å². The van der Waals surface area contributed by atoms with Crippen molar-refractivity contribution >= 4 is 5.78 Å². The Morgan fingerprint density at radius 3 is 2.47 bits per heavy atom. The molecule has 1 N–H and O–H groups in total. The molecule has 4 unspecified atom stereocenters. The van der Waals surface area contributed by atoms with Gasteiger partial charge >= 0.3 is 0 Å². The zero-order valence-electron chi connectivity index (χ0n) is 12.1. The molecule has 2 bridgehead atoms. The van der Waals surface area contributed by atoms with E-state index >= 15 is 0 Å². The second-order valence-electron chi connectivity index (χ2n) is 6.92. The van der Waals surface area contributed by atoms with E-state index in [1.54, 1.807) is 0 Å². The van der Waals surface area contributed by atoms with E-state index < -0.39 is 0 Å². The number of Topliss-reactive ketones (excluding diaryl/α,β-unsaturated/α-hetero) is 1. The van der Waals surface area contributed by atoms with Gasteiger partial charge in [0.1, 0.15) is 5.78 Å². The summed E-state index contributed by atoms with van der Waals surface area (Å²) in [5.74, 6) is 1.53. The van der Waals surface area contributed by atoms with Crippen LogP contribution in [0.1, 0.15) is 58.3 Å². The summed E-state index contributed by atoms with van der Waals surface area (Å²) < 4.78 is 0. The molecule has 19 heavy (non-hydrogen) atoms. The van der Waals surface area contributed by atoms with Gasteiger partial charge in [-0.25, -0.2) is 0 Å². The molecule has 1 saturated carbocycles. The number of aliphatic hydroxyl groups is 1. The standard InChI is InChI=1S/C16H27NO2/c1-2-11-3-6-16(19)12(7-11)10-17-13-4-5-14(17)9-15(18)8-13/h11-15,18H,2-10H2,1H3. The van der Waals surface area contributed by atoms with E-state index in [1.807, 2.05) is 0 Å². The lowest BCUT2D eigenvalue weighted by molar-refractivity contribution is -0.127. The van der Waals surface area contributed by atoms with Crippen molar-refractivity contribution < 1.29 is 9.90 Å². The first kappa shape index (κ1) is 13.6. The van der Waals surface area contributed by atoms with Crippen LogP contribution in [0.25, 0.3) is 0 Å². The fraction of sp³-hybridized carbons (Fsp3) is 0.938. The van der Waals surface area contributed by atoms with Crippen LogP contribution in [0.3, 0.4) is 0 Å². The number of hydrogen-bond acceptors (Lipinski definition) is 3. The van der Waals surface area contributed by atoms with Crippen LogP contribution in [0, 0.1) is 11.8 Å². The Morgan fingerprint density at radius 1 is 1.16 bits per heavy atom. The molecule has 0 aromatic carbocycles. The Hall–Kier alpha value is -0.410. The predicted molar refractivity (Wildman–Crippen MR) is 74.9 cm³/mol. The Kier molecular flexibility index (Phi) is 3.95. The fourth-order valence-electron chi connectivity index (χ4n) is 4.55. The van der Waals surface area contributed by atoms with Crippen LogP contribution < -0.4 is 0 Å². The molecule has 108 valence electrons. The highest BCUT2D eigenvalue weighted by Gasteiger charge is 2.42. The number of nitrogens with zero attached hydrogens (tertiary/aromatic N) is 1. The zero-order chi connectivity index (χ0) is 13.4. The predicted octanol–water partition coefficient (Wildman–Crippen LogP) is 2.37. The van der Waals surface area contributed by atoms with Crippen molar-refractivity contribution in [3.8, 4) is 0 Å². The van der Waals surface area contributed by atoms with Gasteiger partial charge < -0.3 is 5.11 Å². The third kappa shape index (κ3) is 2.73. The molecule has 3 aliphatic rings. The first-order chi connectivity index (χ1) is 9.17. The van der Waals surface area contributed by atoms with E-state index in [2.05, 4.69) is 11.8 Å². The lowest BCUT2D eigenvalue weighted by Crippen LogP contribution is -2.48. The average molecular weight is 265 g/mol. The number of fused-ring (bicyclic) bond motifs is 2. The summed E-state index contributed by atoms with van der Waals surface area (Å²) in [6.45, 7) is 3.22. The van der Waals surface area contributed by atoms with Crippen molar-refractivity contribution in [2.75, 3.05) is 6.54 Å². The zero-order valence-corrected chi connectivity index (χ0v) is 12.1. The SMILES string of the molecule is CCC1CCC(=O)C(CN2C3CCC2CC(O)C3)C1. The summed E-state index contributed by atoms with van der Waals surface area (Å²) in [5.41, 5.74) is 0. The topological polar surface area (TPSA) is 40.5 Å². The van der Waals surface area contributed by atoms with Crippen molar-refractivity contribution in [1.82, 2.24) is 4.90 Å². The number of carbonyl (C=O) groups is 1. The van der Waals surface area contributed by atoms with Crippen LogP contribution in [0.4, 0.5) is 0 Å². The maximum atomic E-state index is 12.2. The van der Waals surface area contributed by atoms with Gasteiger partial charge in [0.2, 0.25) is 0 Å². The van der Waals surface area contributed by atoms with Crippen LogP contribution in [-0.2, 0) is 4.79 Å². The van der Waals surface area contributed by atoms with E-state index in [9.17, 15) is 9.90 Å². The Bertz CT molecular complexity index is 330. The average Bonchev–Trinajstić information content (AvgIpc) is 2.64. The molecule has 2 heterocycles. The highest BCUT2D eigenvalue weighted by Crippen LogP contribution is 2.38. The summed E-state index contributed by atoms with van der Waals surface area (Å²) >= 11 is 0. The van der Waals surface area contributed by atoms with E-state index in [4.69, 9.17) is 0 Å². The maximum Gasteiger partial charge on any atom is 0.137 e. The number of piperidine rings is 1. The van der Waals surface area contributed by atoms with Crippen LogP contribution >= 0.6 is 0 Å². The minimum Gasteiger partial charge on any atom is -0.393 e. The van der Waals surface area contributed by atoms with Crippen LogP contribution in [-0.4, -0.2) is 40.5 Å². The molecule has 0 radical (unpaired) electrons. The van der Waals surface area contributed by atoms with Gasteiger partial charge in [0.05, 0.1) is 6.10 Å². The first-order valence-corrected chi connectivity index (χ1v) is 8.14. The van der Waals surface area contributed by atoms with Gasteiger partial charge in [-0.15, -0.1) is 0 Å². The van der Waals surface area contributed by atoms with Gasteiger partial charge in [0, 0.05) is 31.0 Å². The van der Waals surface area contributed by atoms with E-state index in [0.717, 1.165) is 44.6 Å². The summed E-state index contributed by atoms with van der Waals surface area (Å²) in [4.78, 5) is 14.7. The Morgan fingerprint density at radius 2 is 1.84 bits per heavy atom. The summed E-state index contributed by atoms with van der Waals surface area (Å²) in [6, 6.07) is 1.09. The van der Waals surface area contributed by atoms with Gasteiger partial charge in [0.15, 0.2) is 0 Å². The molecule has 3 fully saturated rings. The normalized spacial score (nSPS) is 43.7. The molecule has 1 aliphatic carbocycles. The molecule has 3 heteroatoms. The largest absolute Gasteiger partial charge is 0.393 e. The Labute approximate surface area is 116 Å². The molecule has 4 atom stereocenters. The minimum absolute atomic E-state index is 0.0980. The van der Waals surface area contributed by atoms with Crippen LogP contribution in [0.5, 0.6) is 0 Å². The van der Waals surface area contributed by atoms with Gasteiger partial charge in [0.25, 0.3) is 0 Å². The number of hydrogen-bond donors (Lipinski definition) is 1. The summed E-state index contributed by atoms with van der Waals surface area (Å²) in [5, 5.41) is 9.85. The second-order valence-corrected chi connectivity index (χ2v) is 6.92. The third-order valence-electron chi connectivity index (χ3n) is 5.74. The molecule has 0 aromatic heterocycles. The summed E-state index contributed by atoms with van der Waals surface area (Å²) in [7, 11) is 0. The molecular formula is C16H27NO2. The molecule has 2 aliphatic heterocycles. The maximum absolute atomic E-state index is 12.2. The highest BCUT2D eigenvalue weighted by atomic mass is 16.3. The van der Waals surface area contributed by atoms with Crippen molar-refractivity contribution in [3.05, 3.63) is 0 Å². The van der Waals surface area contributed by atoms with E-state index in [0.29, 0.717) is 17.9 Å². The first-order valence-electron chi connectivity index (χ1n) is 8.14. The lowest BCUT2D eigenvalue weighted by Gasteiger charge is -2.40. The van der Waals surface area contributed by atoms with Crippen molar-refractivity contribution in [2.24, 2.45) is 11.8 Å². The van der Waals surface area contributed by atoms with E-state index in [-0.39, 0.29) is 12.0 Å². The highest BCUT2D eigenvalue weighted by molar-refractivity contribution is 5.82. The van der Waals surface area contributed by atoms with Gasteiger partial charge in [-0.1, -0.05) is 13.3 Å². The molecule has 2 saturated heterocycles. The summed E-state index contributed by atoms with van der Waals surface area (Å²) in [6.07, 6.45) is 8.43. The fourth-order valence-corrected chi connectivity index (χ4v) is 4.55. The van der Waals surface area contributed by atoms with Crippen LogP contribution in [0.15, 0.2) is 0 Å². The Balaban J connectivity index is 1.63. The van der Waals surface area contributed by atoms with Crippen molar-refractivity contribution in [2.45, 2.75) is 76.5 Å². The van der Waals surface area contributed by atoms with Gasteiger partial charge in [-0.05, 0) is 44.4 Å². The number of ketones is 1. The number of rotatable bonds is 3. The molecular weight excluding hydrogens is 238 g/mol. The second kappa shape index (κ2) is 5.53. The molecule has 0 aromatic rings. The smallest absolute Gasteiger partial charge is 0.137 e. The quantitative estimate of drug-likeness (QED) is 0.851. The van der Waals surface area contributed by atoms with E-state index in [1.165, 1.54) is 19.3 Å². The van der Waals surface area contributed by atoms with Crippen LogP contribution in [0.2, 0.25) is 0 Å². The lowest BCUT2D eigenvalue weighted by atomic mass is 9.78. The third-order valence-corrected chi connectivity index (χ3v) is 5.74. The van der Waals surface area contributed by atoms with Crippen molar-refractivity contribution in [3.63, 3.8) is 0 Å².